The number of hydrogen-bond donors (Lipinski definition) is 1. The van der Waals surface area contributed by atoms with Crippen molar-refractivity contribution in [2.45, 2.75) is 52.2 Å². The highest BCUT2D eigenvalue weighted by atomic mass is 16.3. The second kappa shape index (κ2) is 4.97. The van der Waals surface area contributed by atoms with Crippen LogP contribution in [0.3, 0.4) is 0 Å². The Bertz CT molecular complexity index is 147. The third-order valence-electron chi connectivity index (χ3n) is 2.97. The number of aliphatic hydroxyl groups excluding tert-OH is 1. The molecule has 0 saturated carbocycles. The van der Waals surface area contributed by atoms with Crippen molar-refractivity contribution in [1.29, 1.82) is 0 Å². The lowest BCUT2D eigenvalue weighted by atomic mass is 10.1. The van der Waals surface area contributed by atoms with E-state index in [2.05, 4.69) is 25.7 Å². The van der Waals surface area contributed by atoms with Crippen LogP contribution in [0, 0.1) is 5.92 Å². The molecule has 0 spiro atoms. The summed E-state index contributed by atoms with van der Waals surface area (Å²) in [5.74, 6) is 0.773. The molecule has 2 atom stereocenters. The van der Waals surface area contributed by atoms with E-state index in [0.29, 0.717) is 6.04 Å². The maximum absolute atomic E-state index is 9.52. The van der Waals surface area contributed by atoms with Crippen LogP contribution in [0.2, 0.25) is 0 Å². The maximum Gasteiger partial charge on any atom is 0.0682 e. The SMILES string of the molecule is CC[C@H]1C[C@@H](O)CN1CCC(C)C. The van der Waals surface area contributed by atoms with E-state index >= 15 is 0 Å². The fraction of sp³-hybridized carbons (Fsp3) is 1.00. The zero-order valence-electron chi connectivity index (χ0n) is 9.16. The van der Waals surface area contributed by atoms with Crippen molar-refractivity contribution in [1.82, 2.24) is 4.90 Å². The van der Waals surface area contributed by atoms with Gasteiger partial charge in [0.25, 0.3) is 0 Å². The molecule has 0 unspecified atom stereocenters. The largest absolute Gasteiger partial charge is 0.392 e. The van der Waals surface area contributed by atoms with Gasteiger partial charge in [-0.1, -0.05) is 20.8 Å². The van der Waals surface area contributed by atoms with Crippen molar-refractivity contribution in [3.05, 3.63) is 0 Å². The van der Waals surface area contributed by atoms with Gasteiger partial charge in [-0.15, -0.1) is 0 Å². The van der Waals surface area contributed by atoms with Gasteiger partial charge in [0, 0.05) is 12.6 Å². The van der Waals surface area contributed by atoms with E-state index in [1.807, 2.05) is 0 Å². The molecule has 2 nitrogen and oxygen atoms in total. The summed E-state index contributed by atoms with van der Waals surface area (Å²) in [6.07, 6.45) is 3.34. The quantitative estimate of drug-likeness (QED) is 0.723. The van der Waals surface area contributed by atoms with E-state index < -0.39 is 0 Å². The molecule has 1 heterocycles. The minimum Gasteiger partial charge on any atom is -0.392 e. The van der Waals surface area contributed by atoms with Gasteiger partial charge in [0.15, 0.2) is 0 Å². The predicted octanol–water partition coefficient (Wildman–Crippen LogP) is 1.88. The van der Waals surface area contributed by atoms with Crippen LogP contribution in [-0.4, -0.2) is 35.2 Å². The molecule has 1 rings (SSSR count). The molecular formula is C11H23NO. The molecule has 13 heavy (non-hydrogen) atoms. The Morgan fingerprint density at radius 2 is 2.15 bits per heavy atom. The minimum atomic E-state index is -0.0721. The molecule has 1 aliphatic rings. The smallest absolute Gasteiger partial charge is 0.0682 e. The number of rotatable bonds is 4. The average molecular weight is 185 g/mol. The molecule has 1 fully saturated rings. The molecule has 1 aliphatic heterocycles. The second-order valence-electron chi connectivity index (χ2n) is 4.63. The molecule has 0 bridgehead atoms. The van der Waals surface area contributed by atoms with Crippen LogP contribution in [0.25, 0.3) is 0 Å². The molecule has 0 aromatic carbocycles. The van der Waals surface area contributed by atoms with Crippen molar-refractivity contribution >= 4 is 0 Å². The zero-order valence-corrected chi connectivity index (χ0v) is 9.16. The van der Waals surface area contributed by atoms with Crippen molar-refractivity contribution in [3.63, 3.8) is 0 Å². The van der Waals surface area contributed by atoms with Crippen LogP contribution in [0.5, 0.6) is 0 Å². The van der Waals surface area contributed by atoms with Crippen LogP contribution in [0.15, 0.2) is 0 Å². The van der Waals surface area contributed by atoms with E-state index in [-0.39, 0.29) is 6.10 Å². The van der Waals surface area contributed by atoms with Gasteiger partial charge in [0.1, 0.15) is 0 Å². The molecule has 0 aromatic heterocycles. The summed E-state index contributed by atoms with van der Waals surface area (Å²) >= 11 is 0. The van der Waals surface area contributed by atoms with E-state index in [9.17, 15) is 5.11 Å². The molecule has 0 aromatic rings. The lowest BCUT2D eigenvalue weighted by Crippen LogP contribution is -2.31. The highest BCUT2D eigenvalue weighted by Gasteiger charge is 2.28. The van der Waals surface area contributed by atoms with Crippen molar-refractivity contribution in [2.24, 2.45) is 5.92 Å². The Labute approximate surface area is 81.9 Å². The van der Waals surface area contributed by atoms with Crippen LogP contribution in [-0.2, 0) is 0 Å². The average Bonchev–Trinajstić information content (AvgIpc) is 2.42. The molecule has 0 amide bonds. The van der Waals surface area contributed by atoms with Gasteiger partial charge in [-0.2, -0.15) is 0 Å². The first-order chi connectivity index (χ1) is 6.13. The Morgan fingerprint density at radius 3 is 2.69 bits per heavy atom. The number of nitrogens with zero attached hydrogens (tertiary/aromatic N) is 1. The van der Waals surface area contributed by atoms with Crippen molar-refractivity contribution in [3.8, 4) is 0 Å². The maximum atomic E-state index is 9.52. The van der Waals surface area contributed by atoms with E-state index in [0.717, 1.165) is 25.4 Å². The van der Waals surface area contributed by atoms with E-state index in [1.54, 1.807) is 0 Å². The second-order valence-corrected chi connectivity index (χ2v) is 4.63. The lowest BCUT2D eigenvalue weighted by Gasteiger charge is -2.23. The van der Waals surface area contributed by atoms with Crippen molar-refractivity contribution < 1.29 is 5.11 Å². The first-order valence-corrected chi connectivity index (χ1v) is 5.55. The summed E-state index contributed by atoms with van der Waals surface area (Å²) in [5.41, 5.74) is 0. The summed E-state index contributed by atoms with van der Waals surface area (Å²) < 4.78 is 0. The third kappa shape index (κ3) is 3.28. The molecular weight excluding hydrogens is 162 g/mol. The summed E-state index contributed by atoms with van der Waals surface area (Å²) in [6.45, 7) is 8.78. The molecule has 1 saturated heterocycles. The predicted molar refractivity (Wildman–Crippen MR) is 55.7 cm³/mol. The van der Waals surface area contributed by atoms with Crippen LogP contribution < -0.4 is 0 Å². The van der Waals surface area contributed by atoms with Crippen LogP contribution in [0.4, 0.5) is 0 Å². The molecule has 1 N–H and O–H groups in total. The van der Waals surface area contributed by atoms with Gasteiger partial charge in [-0.05, 0) is 31.7 Å². The number of hydrogen-bond acceptors (Lipinski definition) is 2. The third-order valence-corrected chi connectivity index (χ3v) is 2.97. The summed E-state index contributed by atoms with van der Waals surface area (Å²) in [7, 11) is 0. The lowest BCUT2D eigenvalue weighted by molar-refractivity contribution is 0.172. The molecule has 78 valence electrons. The van der Waals surface area contributed by atoms with Crippen LogP contribution in [0.1, 0.15) is 40.0 Å². The molecule has 0 radical (unpaired) electrons. The van der Waals surface area contributed by atoms with E-state index in [4.69, 9.17) is 0 Å². The van der Waals surface area contributed by atoms with Gasteiger partial charge in [0.2, 0.25) is 0 Å². The van der Waals surface area contributed by atoms with Gasteiger partial charge in [0.05, 0.1) is 6.10 Å². The topological polar surface area (TPSA) is 23.5 Å². The number of likely N-dealkylation sites (tertiary alicyclic amines) is 1. The first-order valence-electron chi connectivity index (χ1n) is 5.55. The Balaban J connectivity index is 2.31. The monoisotopic (exact) mass is 185 g/mol. The summed E-state index contributed by atoms with van der Waals surface area (Å²) in [6, 6.07) is 0.633. The van der Waals surface area contributed by atoms with Crippen LogP contribution >= 0.6 is 0 Å². The molecule has 2 heteroatoms. The van der Waals surface area contributed by atoms with Gasteiger partial charge >= 0.3 is 0 Å². The van der Waals surface area contributed by atoms with E-state index in [1.165, 1.54) is 12.8 Å². The summed E-state index contributed by atoms with van der Waals surface area (Å²) in [5, 5.41) is 9.52. The molecule has 0 aliphatic carbocycles. The fourth-order valence-corrected chi connectivity index (χ4v) is 2.08. The standard InChI is InChI=1S/C11H23NO/c1-4-10-7-11(13)8-12(10)6-5-9(2)3/h9-11,13H,4-8H2,1-3H3/t10-,11+/m0/s1. The Kier molecular flexibility index (Phi) is 4.20. The fourth-order valence-electron chi connectivity index (χ4n) is 2.08. The number of β-amino-alcohol motifs (C(OH)–C–C–N with tert-alkyl or cyclic N) is 1. The van der Waals surface area contributed by atoms with Crippen molar-refractivity contribution in [2.75, 3.05) is 13.1 Å². The Hall–Kier alpha value is -0.0800. The highest BCUT2D eigenvalue weighted by molar-refractivity contribution is 4.83. The minimum absolute atomic E-state index is 0.0721. The Morgan fingerprint density at radius 1 is 1.46 bits per heavy atom. The highest BCUT2D eigenvalue weighted by Crippen LogP contribution is 2.21. The van der Waals surface area contributed by atoms with Gasteiger partial charge in [-0.3, -0.25) is 4.90 Å². The number of aliphatic hydroxyl groups is 1. The van der Waals surface area contributed by atoms with Gasteiger partial charge < -0.3 is 5.11 Å². The summed E-state index contributed by atoms with van der Waals surface area (Å²) in [4.78, 5) is 2.45. The zero-order chi connectivity index (χ0) is 9.84. The van der Waals surface area contributed by atoms with Gasteiger partial charge in [-0.25, -0.2) is 0 Å². The normalized spacial score (nSPS) is 30.2. The first kappa shape index (κ1) is 11.0.